The number of hydrogen-bond donors (Lipinski definition) is 2. The van der Waals surface area contributed by atoms with Crippen molar-refractivity contribution in [2.24, 2.45) is 28.5 Å². The first-order chi connectivity index (χ1) is 16.1. The molecule has 2 unspecified atom stereocenters. The first-order valence-electron chi connectivity index (χ1n) is 12.1. The van der Waals surface area contributed by atoms with E-state index in [0.717, 1.165) is 38.4 Å². The molecule has 4 N–H and O–H groups in total. The van der Waals surface area contributed by atoms with Gasteiger partial charge in [0, 0.05) is 67.3 Å². The Morgan fingerprint density at radius 3 is 2.44 bits per heavy atom. The number of piperazine rings is 1. The summed E-state index contributed by atoms with van der Waals surface area (Å²) in [6.45, 7) is 11.9. The summed E-state index contributed by atoms with van der Waals surface area (Å²) in [4.78, 5) is 13.8. The van der Waals surface area contributed by atoms with Gasteiger partial charge in [-0.2, -0.15) is 0 Å². The molecule has 188 valence electrons. The van der Waals surface area contributed by atoms with Gasteiger partial charge in [-0.25, -0.2) is 4.98 Å². The van der Waals surface area contributed by atoms with Gasteiger partial charge >= 0.3 is 6.36 Å². The van der Waals surface area contributed by atoms with Crippen LogP contribution in [0, 0.1) is 17.8 Å². The van der Waals surface area contributed by atoms with Crippen molar-refractivity contribution in [2.45, 2.75) is 52.1 Å². The molecule has 0 amide bonds. The largest absolute Gasteiger partial charge is 0.573 e. The van der Waals surface area contributed by atoms with Gasteiger partial charge in [0.15, 0.2) is 11.6 Å². The fourth-order valence-electron chi connectivity index (χ4n) is 5.57. The molecular weight excluding hydrogens is 445 g/mol. The van der Waals surface area contributed by atoms with Crippen LogP contribution in [-0.2, 0) is 0 Å². The second-order valence-corrected chi connectivity index (χ2v) is 9.85. The first-order valence-corrected chi connectivity index (χ1v) is 12.1. The summed E-state index contributed by atoms with van der Waals surface area (Å²) < 4.78 is 42.0. The predicted octanol–water partition coefficient (Wildman–Crippen LogP) is 3.37. The molecule has 3 aliphatic rings. The fraction of sp³-hybridized carbons (Fsp3) is 0.667. The number of pyridine rings is 1. The number of alkyl halides is 3. The lowest BCUT2D eigenvalue weighted by atomic mass is 10.00. The maximum atomic E-state index is 12.7. The summed E-state index contributed by atoms with van der Waals surface area (Å²) >= 11 is 0. The molecular formula is C24H35F3N6O. The molecule has 10 heteroatoms. The summed E-state index contributed by atoms with van der Waals surface area (Å²) in [7, 11) is 0. The normalized spacial score (nSPS) is 28.9. The molecule has 3 fully saturated rings. The van der Waals surface area contributed by atoms with Gasteiger partial charge in [-0.15, -0.1) is 13.2 Å². The van der Waals surface area contributed by atoms with Crippen molar-refractivity contribution in [3.63, 3.8) is 0 Å². The van der Waals surface area contributed by atoms with E-state index in [-0.39, 0.29) is 11.9 Å². The highest BCUT2D eigenvalue weighted by Gasteiger charge is 2.58. The summed E-state index contributed by atoms with van der Waals surface area (Å²) in [5, 5.41) is 0. The lowest BCUT2D eigenvalue weighted by Gasteiger charge is -2.38. The van der Waals surface area contributed by atoms with Crippen molar-refractivity contribution in [3.05, 3.63) is 23.9 Å². The number of anilines is 1. The van der Waals surface area contributed by atoms with E-state index in [4.69, 9.17) is 16.5 Å². The maximum Gasteiger partial charge on any atom is 0.573 e. The molecule has 1 aromatic rings. The second kappa shape index (κ2) is 9.73. The number of aromatic nitrogens is 1. The molecule has 4 rings (SSSR count). The molecule has 2 aliphatic carbocycles. The number of aliphatic imine (C=N–C) groups is 1. The third kappa shape index (κ3) is 5.66. The smallest absolute Gasteiger partial charge is 0.402 e. The van der Waals surface area contributed by atoms with Gasteiger partial charge in [-0.3, -0.25) is 9.89 Å². The Bertz CT molecular complexity index is 927. The molecule has 1 aliphatic heterocycles. The van der Waals surface area contributed by atoms with Crippen LogP contribution in [-0.4, -0.2) is 71.7 Å². The molecule has 2 saturated carbocycles. The van der Waals surface area contributed by atoms with Gasteiger partial charge in [-0.05, 0) is 57.2 Å². The van der Waals surface area contributed by atoms with Crippen molar-refractivity contribution in [2.75, 3.05) is 38.5 Å². The molecule has 34 heavy (non-hydrogen) atoms. The van der Waals surface area contributed by atoms with Crippen molar-refractivity contribution in [1.82, 2.24) is 14.8 Å². The summed E-state index contributed by atoms with van der Waals surface area (Å²) in [5.74, 6) is 0.626. The van der Waals surface area contributed by atoms with Crippen molar-refractivity contribution in [3.8, 4) is 5.75 Å². The monoisotopic (exact) mass is 480 g/mol. The SMILES string of the molecule is CCN1CCN(C2C[C@@H]3C(C(C=C(N)c4cnc(N)c(OC(F)(F)F)c4)=NC(C)C)[C@@H]3C2)CC1. The number of likely N-dealkylation sites (N-methyl/N-ethyl adjacent to an activating group) is 1. The van der Waals surface area contributed by atoms with Gasteiger partial charge in [0.25, 0.3) is 0 Å². The standard InChI is InChI=1S/C24H35F3N6O/c1-4-32-5-7-33(8-6-32)16-10-17-18(11-16)22(17)20(31-14(2)3)12-19(28)15-9-21(23(29)30-13-15)34-24(25,26)27/h9,12-14,16-18,22H,4-8,10-11,28H2,1-3H3,(H2,29,30)/t16?,17-,18+,22?. The quantitative estimate of drug-likeness (QED) is 0.582. The molecule has 0 bridgehead atoms. The second-order valence-electron chi connectivity index (χ2n) is 9.85. The molecule has 4 atom stereocenters. The van der Waals surface area contributed by atoms with E-state index in [1.165, 1.54) is 25.1 Å². The minimum absolute atomic E-state index is 0.0898. The van der Waals surface area contributed by atoms with Crippen LogP contribution in [0.5, 0.6) is 5.75 Å². The lowest BCUT2D eigenvalue weighted by Crippen LogP contribution is -2.49. The highest BCUT2D eigenvalue weighted by molar-refractivity contribution is 6.04. The van der Waals surface area contributed by atoms with Crippen LogP contribution >= 0.6 is 0 Å². The first kappa shape index (κ1) is 24.8. The number of allylic oxidation sites excluding steroid dienone is 1. The highest BCUT2D eigenvalue weighted by Crippen LogP contribution is 2.59. The Kier molecular flexibility index (Phi) is 7.09. The summed E-state index contributed by atoms with van der Waals surface area (Å²) in [5.41, 5.74) is 13.4. The zero-order chi connectivity index (χ0) is 24.6. The minimum Gasteiger partial charge on any atom is -0.402 e. The van der Waals surface area contributed by atoms with Gasteiger partial charge in [-0.1, -0.05) is 6.92 Å². The van der Waals surface area contributed by atoms with Gasteiger partial charge in [0.2, 0.25) is 0 Å². The van der Waals surface area contributed by atoms with Crippen LogP contribution in [0.15, 0.2) is 23.3 Å². The molecule has 2 heterocycles. The van der Waals surface area contributed by atoms with E-state index in [1.54, 1.807) is 6.08 Å². The van der Waals surface area contributed by atoms with E-state index >= 15 is 0 Å². The lowest BCUT2D eigenvalue weighted by molar-refractivity contribution is -0.274. The third-order valence-corrected chi connectivity index (χ3v) is 7.28. The zero-order valence-corrected chi connectivity index (χ0v) is 20.1. The summed E-state index contributed by atoms with van der Waals surface area (Å²) in [6.07, 6.45) is 0.626. The fourth-order valence-corrected chi connectivity index (χ4v) is 5.57. The van der Waals surface area contributed by atoms with E-state index in [1.807, 2.05) is 13.8 Å². The average Bonchev–Trinajstić information content (AvgIpc) is 3.26. The van der Waals surface area contributed by atoms with Crippen LogP contribution in [0.1, 0.15) is 39.2 Å². The van der Waals surface area contributed by atoms with Crippen LogP contribution in [0.2, 0.25) is 0 Å². The Balaban J connectivity index is 1.45. The van der Waals surface area contributed by atoms with Crippen LogP contribution < -0.4 is 16.2 Å². The Hall–Kier alpha value is -2.33. The van der Waals surface area contributed by atoms with E-state index in [9.17, 15) is 13.2 Å². The van der Waals surface area contributed by atoms with E-state index < -0.39 is 12.1 Å². The van der Waals surface area contributed by atoms with Crippen LogP contribution in [0.25, 0.3) is 5.70 Å². The molecule has 1 aromatic heterocycles. The van der Waals surface area contributed by atoms with E-state index in [2.05, 4.69) is 26.4 Å². The Morgan fingerprint density at radius 2 is 1.88 bits per heavy atom. The van der Waals surface area contributed by atoms with E-state index in [0.29, 0.717) is 35.1 Å². The number of nitrogens with zero attached hydrogens (tertiary/aromatic N) is 4. The van der Waals surface area contributed by atoms with Gasteiger partial charge < -0.3 is 21.1 Å². The number of rotatable bonds is 7. The zero-order valence-electron chi connectivity index (χ0n) is 20.1. The topological polar surface area (TPSA) is 93.0 Å². The van der Waals surface area contributed by atoms with Crippen LogP contribution in [0.3, 0.4) is 0 Å². The average molecular weight is 481 g/mol. The summed E-state index contributed by atoms with van der Waals surface area (Å²) in [6, 6.07) is 1.90. The molecule has 0 spiro atoms. The Morgan fingerprint density at radius 1 is 1.24 bits per heavy atom. The number of nitrogen functional groups attached to an aromatic ring is 1. The van der Waals surface area contributed by atoms with Gasteiger partial charge in [0.1, 0.15) is 0 Å². The van der Waals surface area contributed by atoms with Crippen LogP contribution in [0.4, 0.5) is 19.0 Å². The number of fused-ring (bicyclic) bond motifs is 1. The molecule has 1 saturated heterocycles. The Labute approximate surface area is 199 Å². The molecule has 0 aromatic carbocycles. The molecule has 0 radical (unpaired) electrons. The van der Waals surface area contributed by atoms with Gasteiger partial charge in [0.05, 0.1) is 0 Å². The minimum atomic E-state index is -4.86. The molecule has 7 nitrogen and oxygen atoms in total. The number of hydrogen-bond acceptors (Lipinski definition) is 7. The maximum absolute atomic E-state index is 12.7. The number of nitrogens with two attached hydrogens (primary N) is 2. The highest BCUT2D eigenvalue weighted by atomic mass is 19.4. The van der Waals surface area contributed by atoms with Crippen molar-refractivity contribution in [1.29, 1.82) is 0 Å². The van der Waals surface area contributed by atoms with Crippen molar-refractivity contribution < 1.29 is 17.9 Å². The number of ether oxygens (including phenoxy) is 1. The predicted molar refractivity (Wildman–Crippen MR) is 127 cm³/mol. The van der Waals surface area contributed by atoms with Crippen molar-refractivity contribution >= 4 is 17.2 Å². The third-order valence-electron chi connectivity index (χ3n) is 7.28. The number of halogens is 3.